The van der Waals surface area contributed by atoms with Crippen molar-refractivity contribution in [2.45, 2.75) is 59.1 Å². The van der Waals surface area contributed by atoms with Crippen LogP contribution < -0.4 is 5.73 Å². The van der Waals surface area contributed by atoms with Gasteiger partial charge < -0.3 is 10.5 Å². The lowest BCUT2D eigenvalue weighted by molar-refractivity contribution is -0.0347. The van der Waals surface area contributed by atoms with E-state index in [4.69, 9.17) is 10.5 Å². The van der Waals surface area contributed by atoms with Crippen LogP contribution in [0.1, 0.15) is 53.4 Å². The molecule has 0 radical (unpaired) electrons. The molecule has 2 unspecified atom stereocenters. The first kappa shape index (κ1) is 12.9. The first-order valence-electron chi connectivity index (χ1n) is 5.44. The zero-order valence-electron chi connectivity index (χ0n) is 9.60. The van der Waals surface area contributed by atoms with E-state index < -0.39 is 5.72 Å². The van der Waals surface area contributed by atoms with Crippen molar-refractivity contribution in [2.75, 3.05) is 6.61 Å². The molecule has 13 heavy (non-hydrogen) atoms. The Morgan fingerprint density at radius 2 is 1.92 bits per heavy atom. The molecule has 0 aromatic heterocycles. The van der Waals surface area contributed by atoms with Crippen LogP contribution in [0.15, 0.2) is 0 Å². The molecule has 0 heterocycles. The summed E-state index contributed by atoms with van der Waals surface area (Å²) < 4.78 is 5.57. The molecule has 80 valence electrons. The molecule has 0 aliphatic heterocycles. The van der Waals surface area contributed by atoms with Gasteiger partial charge in [-0.1, -0.05) is 33.6 Å². The summed E-state index contributed by atoms with van der Waals surface area (Å²) in [7, 11) is 0. The number of rotatable bonds is 7. The van der Waals surface area contributed by atoms with Crippen molar-refractivity contribution in [3.63, 3.8) is 0 Å². The normalized spacial score (nSPS) is 18.2. The fourth-order valence-electron chi connectivity index (χ4n) is 1.23. The summed E-state index contributed by atoms with van der Waals surface area (Å²) >= 11 is 0. The summed E-state index contributed by atoms with van der Waals surface area (Å²) in [4.78, 5) is 0. The predicted octanol–water partition coefficient (Wildman–Crippen LogP) is 2.91. The molecule has 0 aliphatic rings. The van der Waals surface area contributed by atoms with Crippen LogP contribution in [0.5, 0.6) is 0 Å². The molecule has 2 N–H and O–H groups in total. The van der Waals surface area contributed by atoms with Crippen LogP contribution >= 0.6 is 0 Å². The molecule has 0 amide bonds. The molecule has 0 bridgehead atoms. The van der Waals surface area contributed by atoms with E-state index in [0.717, 1.165) is 25.4 Å². The third-order valence-electron chi connectivity index (χ3n) is 2.53. The average molecular weight is 187 g/mol. The van der Waals surface area contributed by atoms with Gasteiger partial charge in [-0.2, -0.15) is 0 Å². The SMILES string of the molecule is CCCC(C)CCOC(C)(N)CC. The Labute approximate surface area is 82.8 Å². The maximum Gasteiger partial charge on any atom is 0.113 e. The van der Waals surface area contributed by atoms with E-state index in [1.54, 1.807) is 0 Å². The third kappa shape index (κ3) is 7.03. The van der Waals surface area contributed by atoms with Gasteiger partial charge in [0.05, 0.1) is 0 Å². The van der Waals surface area contributed by atoms with Gasteiger partial charge in [0.2, 0.25) is 0 Å². The van der Waals surface area contributed by atoms with Crippen molar-refractivity contribution >= 4 is 0 Å². The lowest BCUT2D eigenvalue weighted by Crippen LogP contribution is -2.38. The minimum atomic E-state index is -0.425. The van der Waals surface area contributed by atoms with E-state index in [-0.39, 0.29) is 0 Å². The van der Waals surface area contributed by atoms with Crippen molar-refractivity contribution in [3.05, 3.63) is 0 Å². The molecule has 0 spiro atoms. The fraction of sp³-hybridized carbons (Fsp3) is 1.00. The van der Waals surface area contributed by atoms with Crippen LogP contribution in [0.25, 0.3) is 0 Å². The quantitative estimate of drug-likeness (QED) is 0.622. The maximum atomic E-state index is 5.85. The summed E-state index contributed by atoms with van der Waals surface area (Å²) in [6.07, 6.45) is 4.54. The molecule has 2 atom stereocenters. The molecule has 0 aromatic carbocycles. The fourth-order valence-corrected chi connectivity index (χ4v) is 1.23. The van der Waals surface area contributed by atoms with Crippen LogP contribution in [0, 0.1) is 5.92 Å². The van der Waals surface area contributed by atoms with Crippen LogP contribution in [0.4, 0.5) is 0 Å². The second-order valence-corrected chi connectivity index (χ2v) is 4.20. The smallest absolute Gasteiger partial charge is 0.113 e. The van der Waals surface area contributed by atoms with Crippen molar-refractivity contribution in [1.82, 2.24) is 0 Å². The van der Waals surface area contributed by atoms with Crippen molar-refractivity contribution in [3.8, 4) is 0 Å². The Balaban J connectivity index is 3.44. The van der Waals surface area contributed by atoms with Gasteiger partial charge in [0.15, 0.2) is 0 Å². The van der Waals surface area contributed by atoms with Gasteiger partial charge in [0.25, 0.3) is 0 Å². The first-order chi connectivity index (χ1) is 6.02. The molecule has 0 fully saturated rings. The van der Waals surface area contributed by atoms with Crippen LogP contribution in [-0.2, 0) is 4.74 Å². The largest absolute Gasteiger partial charge is 0.361 e. The van der Waals surface area contributed by atoms with E-state index in [1.165, 1.54) is 12.8 Å². The highest BCUT2D eigenvalue weighted by Gasteiger charge is 2.15. The summed E-state index contributed by atoms with van der Waals surface area (Å²) in [5.74, 6) is 0.762. The lowest BCUT2D eigenvalue weighted by atomic mass is 10.0. The Morgan fingerprint density at radius 3 is 2.38 bits per heavy atom. The maximum absolute atomic E-state index is 5.85. The highest BCUT2D eigenvalue weighted by atomic mass is 16.5. The molecule has 2 nitrogen and oxygen atoms in total. The molecule has 0 saturated heterocycles. The molecule has 2 heteroatoms. The first-order valence-corrected chi connectivity index (χ1v) is 5.44. The van der Waals surface area contributed by atoms with E-state index in [2.05, 4.69) is 20.8 Å². The van der Waals surface area contributed by atoms with E-state index in [0.29, 0.717) is 0 Å². The highest BCUT2D eigenvalue weighted by molar-refractivity contribution is 4.63. The lowest BCUT2D eigenvalue weighted by Gasteiger charge is -2.24. The van der Waals surface area contributed by atoms with Crippen molar-refractivity contribution in [2.24, 2.45) is 11.7 Å². The standard InChI is InChI=1S/C11H25NO/c1-5-7-10(3)8-9-13-11(4,12)6-2/h10H,5-9,12H2,1-4H3. The van der Waals surface area contributed by atoms with E-state index in [1.807, 2.05) is 6.92 Å². The van der Waals surface area contributed by atoms with Gasteiger partial charge >= 0.3 is 0 Å². The molecular formula is C11H25NO. The summed E-state index contributed by atoms with van der Waals surface area (Å²) in [5, 5.41) is 0. The summed E-state index contributed by atoms with van der Waals surface area (Å²) in [6, 6.07) is 0. The Hall–Kier alpha value is -0.0800. The van der Waals surface area contributed by atoms with Gasteiger partial charge in [0.1, 0.15) is 5.72 Å². The van der Waals surface area contributed by atoms with Crippen LogP contribution in [-0.4, -0.2) is 12.3 Å². The Bertz CT molecular complexity index is 123. The number of hydrogen-bond acceptors (Lipinski definition) is 2. The number of hydrogen-bond donors (Lipinski definition) is 1. The zero-order chi connectivity index (χ0) is 10.3. The molecule has 0 aliphatic carbocycles. The molecule has 0 aromatic rings. The summed E-state index contributed by atoms with van der Waals surface area (Å²) in [6.45, 7) is 9.28. The minimum Gasteiger partial charge on any atom is -0.361 e. The van der Waals surface area contributed by atoms with Gasteiger partial charge in [-0.05, 0) is 25.7 Å². The van der Waals surface area contributed by atoms with Crippen LogP contribution in [0.3, 0.4) is 0 Å². The zero-order valence-corrected chi connectivity index (χ0v) is 9.60. The number of ether oxygens (including phenoxy) is 1. The average Bonchev–Trinajstić information content (AvgIpc) is 2.05. The minimum absolute atomic E-state index is 0.425. The van der Waals surface area contributed by atoms with Gasteiger partial charge in [0, 0.05) is 6.61 Å². The monoisotopic (exact) mass is 187 g/mol. The topological polar surface area (TPSA) is 35.2 Å². The van der Waals surface area contributed by atoms with Crippen molar-refractivity contribution in [1.29, 1.82) is 0 Å². The predicted molar refractivity (Wildman–Crippen MR) is 57.5 cm³/mol. The highest BCUT2D eigenvalue weighted by Crippen LogP contribution is 2.13. The summed E-state index contributed by atoms with van der Waals surface area (Å²) in [5.41, 5.74) is 5.43. The molecule has 0 rings (SSSR count). The van der Waals surface area contributed by atoms with Gasteiger partial charge in [-0.3, -0.25) is 0 Å². The number of nitrogens with two attached hydrogens (primary N) is 1. The van der Waals surface area contributed by atoms with Crippen LogP contribution in [0.2, 0.25) is 0 Å². The Kier molecular flexibility index (Phi) is 6.35. The second-order valence-electron chi connectivity index (χ2n) is 4.20. The Morgan fingerprint density at radius 1 is 1.31 bits per heavy atom. The van der Waals surface area contributed by atoms with E-state index >= 15 is 0 Å². The molecule has 0 saturated carbocycles. The second kappa shape index (κ2) is 6.39. The van der Waals surface area contributed by atoms with E-state index in [9.17, 15) is 0 Å². The molecular weight excluding hydrogens is 162 g/mol. The van der Waals surface area contributed by atoms with Gasteiger partial charge in [-0.25, -0.2) is 0 Å². The third-order valence-corrected chi connectivity index (χ3v) is 2.53. The van der Waals surface area contributed by atoms with Crippen molar-refractivity contribution < 1.29 is 4.74 Å². The van der Waals surface area contributed by atoms with Gasteiger partial charge in [-0.15, -0.1) is 0 Å².